The van der Waals surface area contributed by atoms with Gasteiger partial charge in [0.05, 0.1) is 0 Å². The first-order valence-electron chi connectivity index (χ1n) is 7.33. The van der Waals surface area contributed by atoms with Gasteiger partial charge in [-0.1, -0.05) is 12.1 Å². The van der Waals surface area contributed by atoms with E-state index in [4.69, 9.17) is 5.73 Å². The Morgan fingerprint density at radius 2 is 2.16 bits per heavy atom. The lowest BCUT2D eigenvalue weighted by Crippen LogP contribution is -2.37. The van der Waals surface area contributed by atoms with Crippen molar-refractivity contribution in [2.75, 3.05) is 38.6 Å². The monoisotopic (exact) mass is 261 g/mol. The van der Waals surface area contributed by atoms with E-state index in [0.29, 0.717) is 6.04 Å². The molecule has 0 aromatic heterocycles. The van der Waals surface area contributed by atoms with Gasteiger partial charge in [-0.3, -0.25) is 0 Å². The van der Waals surface area contributed by atoms with Crippen LogP contribution < -0.4 is 10.6 Å². The lowest BCUT2D eigenvalue weighted by molar-refractivity contribution is 0.372. The second-order valence-corrected chi connectivity index (χ2v) is 5.91. The molecule has 1 aromatic rings. The maximum Gasteiger partial charge on any atom is 0.0417 e. The van der Waals surface area contributed by atoms with Gasteiger partial charge in [0.2, 0.25) is 0 Å². The zero-order valence-electron chi connectivity index (χ0n) is 12.5. The number of anilines is 1. The maximum absolute atomic E-state index is 5.63. The standard InChI is InChI=1S/C16H27N3/c1-13-11-14(8-9-17)6-7-16(13)19-10-4-5-15(19)12-18(2)3/h6-7,11,15H,4-5,8-10,12,17H2,1-3H3. The summed E-state index contributed by atoms with van der Waals surface area (Å²) in [6.07, 6.45) is 3.59. The molecule has 1 fully saturated rings. The Morgan fingerprint density at radius 3 is 2.79 bits per heavy atom. The summed E-state index contributed by atoms with van der Waals surface area (Å²) in [6.45, 7) is 5.28. The zero-order valence-corrected chi connectivity index (χ0v) is 12.5. The summed E-state index contributed by atoms with van der Waals surface area (Å²) >= 11 is 0. The van der Waals surface area contributed by atoms with Crippen molar-refractivity contribution in [1.29, 1.82) is 0 Å². The molecule has 0 radical (unpaired) electrons. The third kappa shape index (κ3) is 3.48. The van der Waals surface area contributed by atoms with Gasteiger partial charge in [0.15, 0.2) is 0 Å². The molecule has 106 valence electrons. The average Bonchev–Trinajstić information content (AvgIpc) is 2.77. The van der Waals surface area contributed by atoms with Crippen LogP contribution in [0.2, 0.25) is 0 Å². The molecular weight excluding hydrogens is 234 g/mol. The molecule has 2 N–H and O–H groups in total. The van der Waals surface area contributed by atoms with Gasteiger partial charge in [-0.15, -0.1) is 0 Å². The summed E-state index contributed by atoms with van der Waals surface area (Å²) < 4.78 is 0. The topological polar surface area (TPSA) is 32.5 Å². The van der Waals surface area contributed by atoms with E-state index in [1.807, 2.05) is 0 Å². The van der Waals surface area contributed by atoms with Crippen LogP contribution in [0.25, 0.3) is 0 Å². The number of nitrogens with two attached hydrogens (primary N) is 1. The van der Waals surface area contributed by atoms with Crippen LogP contribution in [0.5, 0.6) is 0 Å². The van der Waals surface area contributed by atoms with E-state index in [0.717, 1.165) is 19.5 Å². The number of hydrogen-bond acceptors (Lipinski definition) is 3. The van der Waals surface area contributed by atoms with Crippen molar-refractivity contribution in [3.05, 3.63) is 29.3 Å². The molecule has 3 nitrogen and oxygen atoms in total. The number of nitrogens with zero attached hydrogens (tertiary/aromatic N) is 2. The van der Waals surface area contributed by atoms with Gasteiger partial charge in [-0.25, -0.2) is 0 Å². The van der Waals surface area contributed by atoms with Crippen molar-refractivity contribution >= 4 is 5.69 Å². The highest BCUT2D eigenvalue weighted by molar-refractivity contribution is 5.56. The lowest BCUT2D eigenvalue weighted by atomic mass is 10.1. The van der Waals surface area contributed by atoms with E-state index in [1.165, 1.54) is 36.2 Å². The predicted molar refractivity (Wildman–Crippen MR) is 82.9 cm³/mol. The van der Waals surface area contributed by atoms with Crippen molar-refractivity contribution in [2.24, 2.45) is 5.73 Å². The molecule has 1 aliphatic heterocycles. The highest BCUT2D eigenvalue weighted by Gasteiger charge is 2.25. The Balaban J connectivity index is 2.16. The van der Waals surface area contributed by atoms with Gasteiger partial charge in [0.25, 0.3) is 0 Å². The average molecular weight is 261 g/mol. The minimum atomic E-state index is 0.661. The fraction of sp³-hybridized carbons (Fsp3) is 0.625. The van der Waals surface area contributed by atoms with Crippen LogP contribution in [0.15, 0.2) is 18.2 Å². The molecule has 1 saturated heterocycles. The fourth-order valence-electron chi connectivity index (χ4n) is 3.13. The molecule has 1 atom stereocenters. The van der Waals surface area contributed by atoms with E-state index < -0.39 is 0 Å². The van der Waals surface area contributed by atoms with E-state index in [-0.39, 0.29) is 0 Å². The van der Waals surface area contributed by atoms with Crippen molar-refractivity contribution in [2.45, 2.75) is 32.2 Å². The molecule has 1 aliphatic rings. The molecular formula is C16H27N3. The SMILES string of the molecule is Cc1cc(CCN)ccc1N1CCCC1CN(C)C. The summed E-state index contributed by atoms with van der Waals surface area (Å²) in [5.41, 5.74) is 9.78. The van der Waals surface area contributed by atoms with Crippen molar-refractivity contribution in [3.63, 3.8) is 0 Å². The third-order valence-electron chi connectivity index (χ3n) is 3.96. The molecule has 2 rings (SSSR count). The third-order valence-corrected chi connectivity index (χ3v) is 3.96. The zero-order chi connectivity index (χ0) is 13.8. The van der Waals surface area contributed by atoms with Crippen LogP contribution in [0.4, 0.5) is 5.69 Å². The number of benzene rings is 1. The molecule has 19 heavy (non-hydrogen) atoms. The summed E-state index contributed by atoms with van der Waals surface area (Å²) in [5.74, 6) is 0. The van der Waals surface area contributed by atoms with Crippen LogP contribution in [-0.2, 0) is 6.42 Å². The number of hydrogen-bond donors (Lipinski definition) is 1. The summed E-state index contributed by atoms with van der Waals surface area (Å²) in [5, 5.41) is 0. The van der Waals surface area contributed by atoms with Crippen molar-refractivity contribution in [1.82, 2.24) is 4.90 Å². The fourth-order valence-corrected chi connectivity index (χ4v) is 3.13. The summed E-state index contributed by atoms with van der Waals surface area (Å²) in [6, 6.07) is 7.48. The molecule has 0 saturated carbocycles. The Morgan fingerprint density at radius 1 is 1.37 bits per heavy atom. The Labute approximate surface area is 117 Å². The number of aryl methyl sites for hydroxylation is 1. The highest BCUT2D eigenvalue weighted by Crippen LogP contribution is 2.29. The Bertz CT molecular complexity index is 414. The van der Waals surface area contributed by atoms with Crippen molar-refractivity contribution < 1.29 is 0 Å². The minimum absolute atomic E-state index is 0.661. The lowest BCUT2D eigenvalue weighted by Gasteiger charge is -2.30. The van der Waals surface area contributed by atoms with Gasteiger partial charge in [-0.2, -0.15) is 0 Å². The predicted octanol–water partition coefficient (Wildman–Crippen LogP) is 2.03. The van der Waals surface area contributed by atoms with E-state index >= 15 is 0 Å². The van der Waals surface area contributed by atoms with Crippen LogP contribution in [0, 0.1) is 6.92 Å². The van der Waals surface area contributed by atoms with Gasteiger partial charge < -0.3 is 15.5 Å². The van der Waals surface area contributed by atoms with Crippen LogP contribution in [-0.4, -0.2) is 44.7 Å². The highest BCUT2D eigenvalue weighted by atomic mass is 15.2. The quantitative estimate of drug-likeness (QED) is 0.880. The largest absolute Gasteiger partial charge is 0.367 e. The van der Waals surface area contributed by atoms with Crippen LogP contribution >= 0.6 is 0 Å². The first kappa shape index (κ1) is 14.4. The van der Waals surface area contributed by atoms with Gasteiger partial charge in [-0.05, 0) is 64.0 Å². The second-order valence-electron chi connectivity index (χ2n) is 5.91. The first-order valence-corrected chi connectivity index (χ1v) is 7.33. The molecule has 1 aromatic carbocycles. The summed E-state index contributed by atoms with van der Waals surface area (Å²) in [4.78, 5) is 4.88. The van der Waals surface area contributed by atoms with Crippen molar-refractivity contribution in [3.8, 4) is 0 Å². The van der Waals surface area contributed by atoms with Crippen LogP contribution in [0.3, 0.4) is 0 Å². The first-order chi connectivity index (χ1) is 9.11. The van der Waals surface area contributed by atoms with Gasteiger partial charge in [0, 0.05) is 24.8 Å². The molecule has 0 bridgehead atoms. The Kier molecular flexibility index (Phi) is 4.83. The van der Waals surface area contributed by atoms with E-state index in [9.17, 15) is 0 Å². The second kappa shape index (κ2) is 6.40. The molecule has 1 heterocycles. The molecule has 0 amide bonds. The number of likely N-dealkylation sites (N-methyl/N-ethyl adjacent to an activating group) is 1. The number of rotatable bonds is 5. The van der Waals surface area contributed by atoms with E-state index in [1.54, 1.807) is 0 Å². The smallest absolute Gasteiger partial charge is 0.0417 e. The molecule has 0 aliphatic carbocycles. The normalized spacial score (nSPS) is 19.4. The molecule has 0 spiro atoms. The Hall–Kier alpha value is -1.06. The molecule has 1 unspecified atom stereocenters. The maximum atomic E-state index is 5.63. The van der Waals surface area contributed by atoms with Gasteiger partial charge in [0.1, 0.15) is 0 Å². The van der Waals surface area contributed by atoms with Gasteiger partial charge >= 0.3 is 0 Å². The molecule has 3 heteroatoms. The van der Waals surface area contributed by atoms with E-state index in [2.05, 4.69) is 49.0 Å². The van der Waals surface area contributed by atoms with Crippen LogP contribution in [0.1, 0.15) is 24.0 Å². The summed E-state index contributed by atoms with van der Waals surface area (Å²) in [7, 11) is 4.32. The minimum Gasteiger partial charge on any atom is -0.367 e.